The predicted octanol–water partition coefficient (Wildman–Crippen LogP) is 4.38. The first-order chi connectivity index (χ1) is 10.7. The van der Waals surface area contributed by atoms with Crippen molar-refractivity contribution in [1.29, 1.82) is 0 Å². The van der Waals surface area contributed by atoms with Crippen LogP contribution in [-0.2, 0) is 6.42 Å². The van der Waals surface area contributed by atoms with Gasteiger partial charge < -0.3 is 5.73 Å². The number of aromatic nitrogens is 3. The lowest BCUT2D eigenvalue weighted by Crippen LogP contribution is -1.98. The summed E-state index contributed by atoms with van der Waals surface area (Å²) >= 11 is 10.9. The monoisotopic (exact) mass is 368 g/mol. The summed E-state index contributed by atoms with van der Waals surface area (Å²) in [5.41, 5.74) is 6.80. The fourth-order valence-electron chi connectivity index (χ4n) is 1.92. The largest absolute Gasteiger partial charge is 0.384 e. The van der Waals surface area contributed by atoms with E-state index < -0.39 is 0 Å². The average molecular weight is 369 g/mol. The van der Waals surface area contributed by atoms with E-state index in [4.69, 9.17) is 17.3 Å². The van der Waals surface area contributed by atoms with Gasteiger partial charge in [0.25, 0.3) is 0 Å². The zero-order valence-corrected chi connectivity index (χ0v) is 15.0. The van der Waals surface area contributed by atoms with Crippen LogP contribution in [0.3, 0.4) is 0 Å². The number of nitrogen functional groups attached to an aromatic ring is 1. The Morgan fingerprint density at radius 2 is 2.18 bits per heavy atom. The number of thiophene rings is 1. The normalized spacial score (nSPS) is 11.2. The molecule has 3 rings (SSSR count). The van der Waals surface area contributed by atoms with Crippen LogP contribution in [0.5, 0.6) is 0 Å². The van der Waals surface area contributed by atoms with Crippen LogP contribution in [-0.4, -0.2) is 27.0 Å². The van der Waals surface area contributed by atoms with Gasteiger partial charge in [0.05, 0.1) is 9.72 Å². The Hall–Kier alpha value is -1.02. The van der Waals surface area contributed by atoms with Crippen LogP contribution in [0.1, 0.15) is 5.69 Å². The SMILES string of the molecule is CSc1cc(N)nc(SCCc2cc3c(Cl)csc3cn2)n1. The van der Waals surface area contributed by atoms with Gasteiger partial charge in [-0.1, -0.05) is 23.4 Å². The molecule has 0 saturated heterocycles. The van der Waals surface area contributed by atoms with Crippen LogP contribution < -0.4 is 5.73 Å². The molecule has 0 bridgehead atoms. The third kappa shape index (κ3) is 3.65. The van der Waals surface area contributed by atoms with E-state index in [1.807, 2.05) is 17.8 Å². The quantitative estimate of drug-likeness (QED) is 0.409. The smallest absolute Gasteiger partial charge is 0.190 e. The number of hydrogen-bond acceptors (Lipinski definition) is 7. The van der Waals surface area contributed by atoms with E-state index in [1.165, 1.54) is 0 Å². The van der Waals surface area contributed by atoms with Crippen molar-refractivity contribution < 1.29 is 0 Å². The van der Waals surface area contributed by atoms with Crippen molar-refractivity contribution in [3.05, 3.63) is 34.4 Å². The van der Waals surface area contributed by atoms with Gasteiger partial charge in [-0.15, -0.1) is 23.1 Å². The molecule has 0 saturated carbocycles. The summed E-state index contributed by atoms with van der Waals surface area (Å²) in [5, 5.41) is 5.40. The topological polar surface area (TPSA) is 64.7 Å². The standard InChI is InChI=1S/C14H13ClN4S3/c1-20-13-5-12(16)18-14(19-13)21-3-2-8-4-9-10(15)7-22-11(9)6-17-8/h4-7H,2-3H2,1H3,(H2,16,18,19). The molecule has 4 nitrogen and oxygen atoms in total. The van der Waals surface area contributed by atoms with E-state index in [2.05, 4.69) is 21.0 Å². The lowest BCUT2D eigenvalue weighted by atomic mass is 10.2. The Bertz CT molecular complexity index is 806. The molecule has 0 aliphatic heterocycles. The van der Waals surface area contributed by atoms with Crippen molar-refractivity contribution >= 4 is 62.4 Å². The number of anilines is 1. The molecule has 0 spiro atoms. The summed E-state index contributed by atoms with van der Waals surface area (Å²) in [6.45, 7) is 0. The maximum atomic E-state index is 6.17. The van der Waals surface area contributed by atoms with Crippen molar-refractivity contribution in [3.63, 3.8) is 0 Å². The summed E-state index contributed by atoms with van der Waals surface area (Å²) in [4.78, 5) is 13.2. The molecule has 2 N–H and O–H groups in total. The molecular weight excluding hydrogens is 356 g/mol. The number of fused-ring (bicyclic) bond motifs is 1. The van der Waals surface area contributed by atoms with Gasteiger partial charge in [-0.25, -0.2) is 9.97 Å². The second-order valence-electron chi connectivity index (χ2n) is 4.47. The highest BCUT2D eigenvalue weighted by atomic mass is 35.5. The number of nitrogens with zero attached hydrogens (tertiary/aromatic N) is 3. The molecule has 0 aromatic carbocycles. The molecular formula is C14H13ClN4S3. The zero-order chi connectivity index (χ0) is 15.5. The molecule has 8 heteroatoms. The highest BCUT2D eigenvalue weighted by molar-refractivity contribution is 7.99. The zero-order valence-electron chi connectivity index (χ0n) is 11.7. The fraction of sp³-hybridized carbons (Fsp3) is 0.214. The van der Waals surface area contributed by atoms with Gasteiger partial charge in [-0.05, 0) is 18.7 Å². The lowest BCUT2D eigenvalue weighted by Gasteiger charge is -2.04. The van der Waals surface area contributed by atoms with Gasteiger partial charge in [-0.2, -0.15) is 0 Å². The molecule has 0 aliphatic carbocycles. The van der Waals surface area contributed by atoms with E-state index in [1.54, 1.807) is 40.9 Å². The number of pyridine rings is 1. The van der Waals surface area contributed by atoms with Crippen LogP contribution >= 0.6 is 46.5 Å². The Labute approximate surface area is 145 Å². The molecule has 22 heavy (non-hydrogen) atoms. The van der Waals surface area contributed by atoms with Crippen molar-refractivity contribution in [2.75, 3.05) is 17.7 Å². The van der Waals surface area contributed by atoms with E-state index in [0.717, 1.165) is 38.0 Å². The maximum absolute atomic E-state index is 6.17. The lowest BCUT2D eigenvalue weighted by molar-refractivity contribution is 0.898. The third-order valence-electron chi connectivity index (χ3n) is 2.97. The van der Waals surface area contributed by atoms with Crippen molar-refractivity contribution in [2.24, 2.45) is 0 Å². The van der Waals surface area contributed by atoms with Gasteiger partial charge in [0.2, 0.25) is 0 Å². The second kappa shape index (κ2) is 7.04. The molecule has 0 fully saturated rings. The summed E-state index contributed by atoms with van der Waals surface area (Å²) in [6.07, 6.45) is 4.69. The van der Waals surface area contributed by atoms with E-state index >= 15 is 0 Å². The van der Waals surface area contributed by atoms with Crippen LogP contribution in [0.15, 0.2) is 33.9 Å². The summed E-state index contributed by atoms with van der Waals surface area (Å²) in [5.74, 6) is 1.35. The first-order valence-electron chi connectivity index (χ1n) is 6.48. The predicted molar refractivity (Wildman–Crippen MR) is 97.3 cm³/mol. The van der Waals surface area contributed by atoms with Crippen LogP contribution in [0.4, 0.5) is 5.82 Å². The molecule has 0 aliphatic rings. The van der Waals surface area contributed by atoms with Crippen molar-refractivity contribution in [1.82, 2.24) is 15.0 Å². The van der Waals surface area contributed by atoms with Crippen LogP contribution in [0.25, 0.3) is 10.1 Å². The fourth-order valence-corrected chi connectivity index (χ4v) is 4.33. The van der Waals surface area contributed by atoms with Gasteiger partial charge >= 0.3 is 0 Å². The molecule has 3 aromatic rings. The summed E-state index contributed by atoms with van der Waals surface area (Å²) in [7, 11) is 0. The number of hydrogen-bond donors (Lipinski definition) is 1. The minimum absolute atomic E-state index is 0.506. The molecule has 3 heterocycles. The van der Waals surface area contributed by atoms with Crippen molar-refractivity contribution in [2.45, 2.75) is 16.6 Å². The molecule has 3 aromatic heterocycles. The van der Waals surface area contributed by atoms with Gasteiger partial charge in [0, 0.05) is 34.5 Å². The van der Waals surface area contributed by atoms with E-state index in [0.29, 0.717) is 11.0 Å². The highest BCUT2D eigenvalue weighted by Gasteiger charge is 2.06. The van der Waals surface area contributed by atoms with Gasteiger partial charge in [-0.3, -0.25) is 4.98 Å². The summed E-state index contributed by atoms with van der Waals surface area (Å²) in [6, 6.07) is 3.84. The van der Waals surface area contributed by atoms with Gasteiger partial charge in [0.15, 0.2) is 5.16 Å². The Kier molecular flexibility index (Phi) is 5.07. The van der Waals surface area contributed by atoms with Gasteiger partial charge in [0.1, 0.15) is 10.8 Å². The first kappa shape index (κ1) is 15.9. The van der Waals surface area contributed by atoms with Crippen LogP contribution in [0, 0.1) is 0 Å². The van der Waals surface area contributed by atoms with Crippen LogP contribution in [0.2, 0.25) is 5.02 Å². The molecule has 0 amide bonds. The molecule has 114 valence electrons. The summed E-state index contributed by atoms with van der Waals surface area (Å²) < 4.78 is 1.12. The Morgan fingerprint density at radius 3 is 3.00 bits per heavy atom. The highest BCUT2D eigenvalue weighted by Crippen LogP contribution is 2.30. The second-order valence-corrected chi connectivity index (χ2v) is 7.68. The average Bonchev–Trinajstić information content (AvgIpc) is 2.88. The number of halogens is 1. The Balaban J connectivity index is 1.66. The van der Waals surface area contributed by atoms with E-state index in [9.17, 15) is 0 Å². The number of thioether (sulfide) groups is 2. The Morgan fingerprint density at radius 1 is 1.32 bits per heavy atom. The number of rotatable bonds is 5. The van der Waals surface area contributed by atoms with E-state index in [-0.39, 0.29) is 0 Å². The molecule has 0 radical (unpaired) electrons. The third-order valence-corrected chi connectivity index (χ3v) is 5.82. The minimum atomic E-state index is 0.506. The number of aryl methyl sites for hydroxylation is 1. The maximum Gasteiger partial charge on any atom is 0.190 e. The number of nitrogens with two attached hydrogens (primary N) is 1. The first-order valence-corrected chi connectivity index (χ1v) is 9.95. The minimum Gasteiger partial charge on any atom is -0.384 e. The molecule has 0 unspecified atom stereocenters. The molecule has 0 atom stereocenters. The van der Waals surface area contributed by atoms with Crippen molar-refractivity contribution in [3.8, 4) is 0 Å².